The first-order valence-corrected chi connectivity index (χ1v) is 11.2. The third-order valence-corrected chi connectivity index (χ3v) is 7.02. The molecule has 0 atom stereocenters. The smallest absolute Gasteiger partial charge is 0.309 e. The second-order valence-electron chi connectivity index (χ2n) is 9.22. The fourth-order valence-corrected chi connectivity index (χ4v) is 4.40. The molecule has 0 aromatic heterocycles. The number of carbonyl (C=O) groups is 2. The molecular formula is C24H34O5. The van der Waals surface area contributed by atoms with Crippen LogP contribution in [0.1, 0.15) is 88.2 Å². The molecular weight excluding hydrogens is 368 g/mol. The van der Waals surface area contributed by atoms with Gasteiger partial charge in [0.15, 0.2) is 0 Å². The van der Waals surface area contributed by atoms with Crippen LogP contribution in [0.25, 0.3) is 0 Å². The molecule has 0 heterocycles. The molecule has 160 valence electrons. The van der Waals surface area contributed by atoms with Crippen molar-refractivity contribution >= 4 is 11.9 Å². The van der Waals surface area contributed by atoms with E-state index in [9.17, 15) is 24.9 Å². The summed E-state index contributed by atoms with van der Waals surface area (Å²) in [4.78, 5) is 22.4. The highest BCUT2D eigenvalue weighted by molar-refractivity contribution is 5.78. The Bertz CT molecular complexity index is 673. The topological polar surface area (TPSA) is 94.8 Å². The van der Waals surface area contributed by atoms with Crippen LogP contribution in [0.5, 0.6) is 5.75 Å². The van der Waals surface area contributed by atoms with E-state index in [0.717, 1.165) is 101 Å². The van der Waals surface area contributed by atoms with E-state index in [-0.39, 0.29) is 0 Å². The van der Waals surface area contributed by atoms with Gasteiger partial charge in [0.1, 0.15) is 5.75 Å². The standard InChI is InChI=1S/C24H34O5/c25-20-18(8-3-1-5-12-23(14-15-23)21(26)27)10-7-11-19(20)9-4-2-6-13-24(16-17-24)22(28)29/h7,10-11,25H,1-6,8-9,12-17H2,(H,26,27)(H,28,29). The molecule has 1 aromatic rings. The molecule has 2 aliphatic rings. The van der Waals surface area contributed by atoms with Gasteiger partial charge in [-0.3, -0.25) is 9.59 Å². The summed E-state index contributed by atoms with van der Waals surface area (Å²) in [5, 5.41) is 29.0. The summed E-state index contributed by atoms with van der Waals surface area (Å²) in [6, 6.07) is 5.95. The monoisotopic (exact) mass is 402 g/mol. The number of aryl methyl sites for hydroxylation is 2. The van der Waals surface area contributed by atoms with Crippen LogP contribution < -0.4 is 0 Å². The third-order valence-electron chi connectivity index (χ3n) is 7.02. The number of phenols is 1. The second-order valence-corrected chi connectivity index (χ2v) is 9.22. The van der Waals surface area contributed by atoms with Gasteiger partial charge < -0.3 is 15.3 Å². The number of hydrogen-bond donors (Lipinski definition) is 3. The Kier molecular flexibility index (Phi) is 6.86. The molecule has 2 fully saturated rings. The van der Waals surface area contributed by atoms with Crippen LogP contribution in [-0.2, 0) is 22.4 Å². The van der Waals surface area contributed by atoms with Gasteiger partial charge in [0, 0.05) is 0 Å². The lowest BCUT2D eigenvalue weighted by Crippen LogP contribution is -2.14. The summed E-state index contributed by atoms with van der Waals surface area (Å²) in [5.41, 5.74) is 1.10. The molecule has 2 saturated carbocycles. The van der Waals surface area contributed by atoms with Gasteiger partial charge in [-0.2, -0.15) is 0 Å². The van der Waals surface area contributed by atoms with E-state index < -0.39 is 22.8 Å². The molecule has 0 amide bonds. The molecule has 3 N–H and O–H groups in total. The van der Waals surface area contributed by atoms with Crippen molar-refractivity contribution in [2.75, 3.05) is 0 Å². The Morgan fingerprint density at radius 2 is 1.14 bits per heavy atom. The molecule has 3 rings (SSSR count). The first-order chi connectivity index (χ1) is 13.9. The number of rotatable bonds is 14. The maximum Gasteiger partial charge on any atom is 0.309 e. The van der Waals surface area contributed by atoms with Gasteiger partial charge in [-0.05, 0) is 75.3 Å². The molecule has 0 spiro atoms. The lowest BCUT2D eigenvalue weighted by molar-refractivity contribution is -0.144. The summed E-state index contributed by atoms with van der Waals surface area (Å²) in [5.74, 6) is -0.878. The first kappa shape index (κ1) is 21.7. The van der Waals surface area contributed by atoms with Crippen molar-refractivity contribution in [3.8, 4) is 5.75 Å². The molecule has 2 aliphatic carbocycles. The molecule has 0 radical (unpaired) electrons. The average molecular weight is 403 g/mol. The fraction of sp³-hybridized carbons (Fsp3) is 0.667. The number of aromatic hydroxyl groups is 1. The van der Waals surface area contributed by atoms with E-state index in [1.807, 2.05) is 18.2 Å². The Morgan fingerprint density at radius 3 is 1.48 bits per heavy atom. The minimum Gasteiger partial charge on any atom is -0.507 e. The quantitative estimate of drug-likeness (QED) is 0.366. The van der Waals surface area contributed by atoms with Crippen LogP contribution in [0.4, 0.5) is 0 Å². The van der Waals surface area contributed by atoms with E-state index in [2.05, 4.69) is 0 Å². The average Bonchev–Trinajstić information content (AvgIpc) is 3.59. The van der Waals surface area contributed by atoms with E-state index in [1.165, 1.54) is 0 Å². The predicted octanol–water partition coefficient (Wildman–Crippen LogP) is 5.33. The van der Waals surface area contributed by atoms with Gasteiger partial charge >= 0.3 is 11.9 Å². The molecule has 1 aromatic carbocycles. The van der Waals surface area contributed by atoms with Crippen LogP contribution in [-0.4, -0.2) is 27.3 Å². The maximum absolute atomic E-state index is 11.2. The minimum atomic E-state index is -0.641. The predicted molar refractivity (Wildman–Crippen MR) is 111 cm³/mol. The largest absolute Gasteiger partial charge is 0.507 e. The highest BCUT2D eigenvalue weighted by Crippen LogP contribution is 2.50. The van der Waals surface area contributed by atoms with Crippen LogP contribution in [0, 0.1) is 10.8 Å². The van der Waals surface area contributed by atoms with Crippen molar-refractivity contribution in [1.82, 2.24) is 0 Å². The molecule has 29 heavy (non-hydrogen) atoms. The number of carboxylic acid groups (broad SMARTS) is 2. The molecule has 5 nitrogen and oxygen atoms in total. The normalized spacial score (nSPS) is 18.3. The number of para-hydroxylation sites is 1. The number of aliphatic carboxylic acids is 2. The zero-order chi connectivity index (χ0) is 20.9. The highest BCUT2D eigenvalue weighted by atomic mass is 16.4. The number of phenolic OH excluding ortho intramolecular Hbond substituents is 1. The lowest BCUT2D eigenvalue weighted by Gasteiger charge is -2.12. The third kappa shape index (κ3) is 5.52. The van der Waals surface area contributed by atoms with Gasteiger partial charge in [-0.15, -0.1) is 0 Å². The van der Waals surface area contributed by atoms with Crippen LogP contribution in [0.15, 0.2) is 18.2 Å². The minimum absolute atomic E-state index is 0.404. The molecule has 0 aliphatic heterocycles. The first-order valence-electron chi connectivity index (χ1n) is 11.2. The van der Waals surface area contributed by atoms with Crippen LogP contribution in [0.3, 0.4) is 0 Å². The van der Waals surface area contributed by atoms with Gasteiger partial charge in [-0.25, -0.2) is 0 Å². The number of unbranched alkanes of at least 4 members (excludes halogenated alkanes) is 4. The SMILES string of the molecule is O=C(O)C1(CCCCCc2cccc(CCCCCC3(C(=O)O)CC3)c2O)CC1. The Labute approximate surface area is 173 Å². The van der Waals surface area contributed by atoms with E-state index in [1.54, 1.807) is 0 Å². The van der Waals surface area contributed by atoms with E-state index in [4.69, 9.17) is 0 Å². The van der Waals surface area contributed by atoms with Crippen molar-refractivity contribution in [1.29, 1.82) is 0 Å². The van der Waals surface area contributed by atoms with Crippen molar-refractivity contribution in [2.45, 2.75) is 89.9 Å². The lowest BCUT2D eigenvalue weighted by atomic mass is 9.95. The van der Waals surface area contributed by atoms with E-state index >= 15 is 0 Å². The van der Waals surface area contributed by atoms with E-state index in [0.29, 0.717) is 5.75 Å². The van der Waals surface area contributed by atoms with Crippen LogP contribution >= 0.6 is 0 Å². The maximum atomic E-state index is 11.2. The Hall–Kier alpha value is -2.04. The summed E-state index contributed by atoms with van der Waals surface area (Å²) < 4.78 is 0. The summed E-state index contributed by atoms with van der Waals surface area (Å²) in [6.07, 6.45) is 12.3. The Morgan fingerprint density at radius 1 is 0.724 bits per heavy atom. The summed E-state index contributed by atoms with van der Waals surface area (Å²) in [6.45, 7) is 0. The zero-order valence-corrected chi connectivity index (χ0v) is 17.3. The van der Waals surface area contributed by atoms with Gasteiger partial charge in [-0.1, -0.05) is 43.9 Å². The molecule has 5 heteroatoms. The summed E-state index contributed by atoms with van der Waals surface area (Å²) in [7, 11) is 0. The number of benzene rings is 1. The Balaban J connectivity index is 1.34. The van der Waals surface area contributed by atoms with Crippen LogP contribution in [0.2, 0.25) is 0 Å². The molecule has 0 bridgehead atoms. The molecule has 0 unspecified atom stereocenters. The number of hydrogen-bond acceptors (Lipinski definition) is 3. The number of carboxylic acids is 2. The van der Waals surface area contributed by atoms with Crippen molar-refractivity contribution in [3.63, 3.8) is 0 Å². The van der Waals surface area contributed by atoms with Crippen molar-refractivity contribution in [2.24, 2.45) is 10.8 Å². The van der Waals surface area contributed by atoms with Crippen molar-refractivity contribution in [3.05, 3.63) is 29.3 Å². The fourth-order valence-electron chi connectivity index (χ4n) is 4.40. The molecule has 0 saturated heterocycles. The van der Waals surface area contributed by atoms with Gasteiger partial charge in [0.2, 0.25) is 0 Å². The second kappa shape index (κ2) is 9.19. The van der Waals surface area contributed by atoms with Gasteiger partial charge in [0.05, 0.1) is 10.8 Å². The summed E-state index contributed by atoms with van der Waals surface area (Å²) >= 11 is 0. The van der Waals surface area contributed by atoms with Gasteiger partial charge in [0.25, 0.3) is 0 Å². The zero-order valence-electron chi connectivity index (χ0n) is 17.3. The highest BCUT2D eigenvalue weighted by Gasteiger charge is 2.49. The van der Waals surface area contributed by atoms with Crippen molar-refractivity contribution < 1.29 is 24.9 Å².